The van der Waals surface area contributed by atoms with Crippen LogP contribution in [0.15, 0.2) is 42.5 Å². The molecular formula is C25H18F2IN3O4S. The Labute approximate surface area is 222 Å². The monoisotopic (exact) mass is 621 g/mol. The molecule has 5 rings (SSSR count). The van der Waals surface area contributed by atoms with E-state index in [1.54, 1.807) is 24.3 Å². The molecule has 0 unspecified atom stereocenters. The summed E-state index contributed by atoms with van der Waals surface area (Å²) < 4.78 is 43.0. The average molecular weight is 621 g/mol. The number of rotatable bonds is 5. The quantitative estimate of drug-likeness (QED) is 0.205. The fraction of sp³-hybridized carbons (Fsp3) is 0.160. The molecule has 1 aromatic heterocycles. The summed E-state index contributed by atoms with van der Waals surface area (Å²) in [6.07, 6.45) is 0. The second kappa shape index (κ2) is 9.62. The van der Waals surface area contributed by atoms with Gasteiger partial charge in [-0.1, -0.05) is 11.3 Å². The molecule has 184 valence electrons. The summed E-state index contributed by atoms with van der Waals surface area (Å²) in [4.78, 5) is 31.1. The van der Waals surface area contributed by atoms with Crippen molar-refractivity contribution in [3.05, 3.63) is 74.4 Å². The van der Waals surface area contributed by atoms with Crippen LogP contribution in [0.4, 0.5) is 25.3 Å². The van der Waals surface area contributed by atoms with Crippen LogP contribution in [-0.4, -0.2) is 30.2 Å². The molecule has 1 aliphatic heterocycles. The number of anilines is 3. The SMILES string of the molecule is CCOc1ccc2nc(NC(=O)c3cc4c(c(F)c3F)N(c3ccc(I)cc3C)COC4=O)sc2c1. The number of aryl methyl sites for hydroxylation is 1. The van der Waals surface area contributed by atoms with E-state index in [4.69, 9.17) is 9.47 Å². The molecule has 0 saturated heterocycles. The van der Waals surface area contributed by atoms with Crippen LogP contribution in [0.1, 0.15) is 33.2 Å². The molecule has 11 heteroatoms. The maximum absolute atomic E-state index is 15.4. The Hall–Kier alpha value is -3.32. The summed E-state index contributed by atoms with van der Waals surface area (Å²) in [6.45, 7) is 3.90. The normalized spacial score (nSPS) is 12.9. The van der Waals surface area contributed by atoms with Gasteiger partial charge >= 0.3 is 5.97 Å². The van der Waals surface area contributed by atoms with E-state index >= 15 is 8.78 Å². The maximum atomic E-state index is 15.4. The number of carbonyl (C=O) groups is 2. The number of thiazole rings is 1. The lowest BCUT2D eigenvalue weighted by atomic mass is 10.0. The highest BCUT2D eigenvalue weighted by Crippen LogP contribution is 2.39. The van der Waals surface area contributed by atoms with Crippen molar-refractivity contribution in [3.8, 4) is 5.75 Å². The number of halogens is 3. The molecule has 3 aromatic carbocycles. The molecule has 1 amide bonds. The van der Waals surface area contributed by atoms with Gasteiger partial charge in [0, 0.05) is 9.26 Å². The van der Waals surface area contributed by atoms with Gasteiger partial charge in [-0.2, -0.15) is 0 Å². The van der Waals surface area contributed by atoms with Crippen molar-refractivity contribution in [1.29, 1.82) is 0 Å². The molecule has 0 atom stereocenters. The average Bonchev–Trinajstić information content (AvgIpc) is 3.23. The van der Waals surface area contributed by atoms with Gasteiger partial charge in [0.05, 0.1) is 33.6 Å². The van der Waals surface area contributed by atoms with Gasteiger partial charge in [-0.3, -0.25) is 10.1 Å². The van der Waals surface area contributed by atoms with Crippen molar-refractivity contribution < 1.29 is 27.8 Å². The summed E-state index contributed by atoms with van der Waals surface area (Å²) in [5, 5.41) is 2.70. The van der Waals surface area contributed by atoms with E-state index in [2.05, 4.69) is 32.9 Å². The zero-order valence-electron chi connectivity index (χ0n) is 19.0. The van der Waals surface area contributed by atoms with Gasteiger partial charge in [0.1, 0.15) is 5.75 Å². The Kier molecular flexibility index (Phi) is 6.51. The minimum atomic E-state index is -1.37. The number of cyclic esters (lactones) is 1. The largest absolute Gasteiger partial charge is 0.494 e. The summed E-state index contributed by atoms with van der Waals surface area (Å²) >= 11 is 3.31. The first-order valence-corrected chi connectivity index (χ1v) is 12.7. The number of aromatic nitrogens is 1. The molecule has 4 aromatic rings. The van der Waals surface area contributed by atoms with Crippen LogP contribution in [-0.2, 0) is 4.74 Å². The molecule has 0 fully saturated rings. The first-order valence-electron chi connectivity index (χ1n) is 10.8. The smallest absolute Gasteiger partial charge is 0.342 e. The van der Waals surface area contributed by atoms with E-state index < -0.39 is 29.1 Å². The van der Waals surface area contributed by atoms with E-state index in [0.717, 1.165) is 31.2 Å². The number of benzene rings is 3. The number of carbonyl (C=O) groups excluding carboxylic acids is 2. The number of ether oxygens (including phenoxy) is 2. The molecular weight excluding hydrogens is 603 g/mol. The van der Waals surface area contributed by atoms with Gasteiger partial charge in [0.2, 0.25) is 0 Å². The molecule has 0 spiro atoms. The van der Waals surface area contributed by atoms with E-state index in [1.807, 2.05) is 26.0 Å². The van der Waals surface area contributed by atoms with Gasteiger partial charge in [-0.25, -0.2) is 18.6 Å². The highest BCUT2D eigenvalue weighted by atomic mass is 127. The number of amides is 1. The first kappa shape index (κ1) is 24.4. The van der Waals surface area contributed by atoms with Crippen LogP contribution in [0.5, 0.6) is 5.75 Å². The zero-order chi connectivity index (χ0) is 25.6. The lowest BCUT2D eigenvalue weighted by Gasteiger charge is -2.32. The maximum Gasteiger partial charge on any atom is 0.342 e. The van der Waals surface area contributed by atoms with Crippen molar-refractivity contribution >= 4 is 72.5 Å². The molecule has 1 aliphatic rings. The highest BCUT2D eigenvalue weighted by molar-refractivity contribution is 14.1. The standard InChI is InChI=1S/C25H18F2IN3O4S/c1-3-34-14-5-6-17-19(9-14)36-25(29-17)30-23(32)15-10-16-22(21(27)20(15)26)31(11-35-24(16)33)18-7-4-13(28)8-12(18)2/h4-10H,3,11H2,1-2H3,(H,29,30,32). The van der Waals surface area contributed by atoms with Crippen molar-refractivity contribution in [2.45, 2.75) is 13.8 Å². The van der Waals surface area contributed by atoms with E-state index in [0.29, 0.717) is 23.6 Å². The predicted octanol–water partition coefficient (Wildman–Crippen LogP) is 6.40. The Bertz CT molecular complexity index is 1540. The van der Waals surface area contributed by atoms with Crippen molar-refractivity contribution in [2.75, 3.05) is 23.6 Å². The van der Waals surface area contributed by atoms with Crippen LogP contribution in [0, 0.1) is 22.1 Å². The zero-order valence-corrected chi connectivity index (χ0v) is 22.0. The number of hydrogen-bond acceptors (Lipinski definition) is 7. The van der Waals surface area contributed by atoms with Gasteiger partial charge in [0.25, 0.3) is 5.91 Å². The fourth-order valence-corrected chi connectivity index (χ4v) is 5.49. The second-order valence-electron chi connectivity index (χ2n) is 7.90. The van der Waals surface area contributed by atoms with E-state index in [-0.39, 0.29) is 23.1 Å². The lowest BCUT2D eigenvalue weighted by molar-refractivity contribution is 0.0491. The predicted molar refractivity (Wildman–Crippen MR) is 141 cm³/mol. The molecule has 0 radical (unpaired) electrons. The number of esters is 1. The molecule has 7 nitrogen and oxygen atoms in total. The topological polar surface area (TPSA) is 80.8 Å². The fourth-order valence-electron chi connectivity index (χ4n) is 3.96. The van der Waals surface area contributed by atoms with Gasteiger partial charge < -0.3 is 14.4 Å². The van der Waals surface area contributed by atoms with Crippen LogP contribution < -0.4 is 15.0 Å². The molecule has 0 saturated carbocycles. The molecule has 36 heavy (non-hydrogen) atoms. The summed E-state index contributed by atoms with van der Waals surface area (Å²) in [7, 11) is 0. The molecule has 2 heterocycles. The Morgan fingerprint density at radius 1 is 1.22 bits per heavy atom. The van der Waals surface area contributed by atoms with E-state index in [1.165, 1.54) is 4.90 Å². The minimum Gasteiger partial charge on any atom is -0.494 e. The Morgan fingerprint density at radius 3 is 2.78 bits per heavy atom. The second-order valence-corrected chi connectivity index (χ2v) is 10.2. The number of nitrogens with one attached hydrogen (secondary N) is 1. The highest BCUT2D eigenvalue weighted by Gasteiger charge is 2.34. The summed E-state index contributed by atoms with van der Waals surface area (Å²) in [6, 6.07) is 11.7. The van der Waals surface area contributed by atoms with Gasteiger partial charge in [-0.05, 0) is 84.5 Å². The third-order valence-corrected chi connectivity index (χ3v) is 7.19. The lowest BCUT2D eigenvalue weighted by Crippen LogP contribution is -2.33. The third-order valence-electron chi connectivity index (χ3n) is 5.58. The minimum absolute atomic E-state index is 0.194. The molecule has 0 aliphatic carbocycles. The van der Waals surface area contributed by atoms with Crippen LogP contribution in [0.2, 0.25) is 0 Å². The van der Waals surface area contributed by atoms with Crippen LogP contribution in [0.3, 0.4) is 0 Å². The number of hydrogen-bond donors (Lipinski definition) is 1. The Morgan fingerprint density at radius 2 is 2.03 bits per heavy atom. The van der Waals surface area contributed by atoms with Gasteiger partial charge in [0.15, 0.2) is 23.5 Å². The van der Waals surface area contributed by atoms with Crippen molar-refractivity contribution in [1.82, 2.24) is 4.98 Å². The number of nitrogens with zero attached hydrogens (tertiary/aromatic N) is 2. The molecule has 0 bridgehead atoms. The van der Waals surface area contributed by atoms with E-state index in [9.17, 15) is 9.59 Å². The third kappa shape index (κ3) is 4.37. The summed E-state index contributed by atoms with van der Waals surface area (Å²) in [5.74, 6) is -3.80. The first-order chi connectivity index (χ1) is 17.3. The van der Waals surface area contributed by atoms with Gasteiger partial charge in [-0.15, -0.1) is 0 Å². The van der Waals surface area contributed by atoms with Crippen LogP contribution >= 0.6 is 33.9 Å². The number of fused-ring (bicyclic) bond motifs is 2. The Balaban J connectivity index is 1.50. The van der Waals surface area contributed by atoms with Crippen molar-refractivity contribution in [3.63, 3.8) is 0 Å². The molecule has 1 N–H and O–H groups in total. The summed E-state index contributed by atoms with van der Waals surface area (Å²) in [5.41, 5.74) is 0.819. The van der Waals surface area contributed by atoms with Crippen molar-refractivity contribution in [2.24, 2.45) is 0 Å². The van der Waals surface area contributed by atoms with Crippen LogP contribution in [0.25, 0.3) is 10.2 Å².